The molecule has 5 heteroatoms. The molecular formula is C13H17FN2OS. The number of rotatable bonds is 5. The largest absolute Gasteiger partial charge is 0.385 e. The summed E-state index contributed by atoms with van der Waals surface area (Å²) in [5.74, 6) is -0.203. The van der Waals surface area contributed by atoms with Gasteiger partial charge in [0.25, 0.3) is 0 Å². The third-order valence-corrected chi connectivity index (χ3v) is 3.36. The number of benzene rings is 1. The summed E-state index contributed by atoms with van der Waals surface area (Å²) in [6, 6.07) is 3.35. The summed E-state index contributed by atoms with van der Waals surface area (Å²) >= 11 is 5.27. The minimum Gasteiger partial charge on any atom is -0.385 e. The molecule has 98 valence electrons. The molecule has 0 spiro atoms. The van der Waals surface area contributed by atoms with E-state index in [1.807, 2.05) is 10.6 Å². The Morgan fingerprint density at radius 2 is 2.17 bits per heavy atom. The lowest BCUT2D eigenvalue weighted by Crippen LogP contribution is -2.00. The fraction of sp³-hybridized carbons (Fsp3) is 0.462. The molecule has 0 saturated heterocycles. The maximum absolute atomic E-state index is 13.5. The Bertz CT molecular complexity index is 603. The molecule has 0 bridgehead atoms. The summed E-state index contributed by atoms with van der Waals surface area (Å²) in [4.78, 5) is 3.04. The average Bonchev–Trinajstić information content (AvgIpc) is 2.62. The van der Waals surface area contributed by atoms with E-state index in [1.54, 1.807) is 14.0 Å². The predicted molar refractivity (Wildman–Crippen MR) is 72.9 cm³/mol. The van der Waals surface area contributed by atoms with Gasteiger partial charge in [0, 0.05) is 20.3 Å². The SMILES string of the molecule is COCCCCn1c(=S)[nH]c2cc(F)c(C)cc21. The van der Waals surface area contributed by atoms with Crippen LogP contribution >= 0.6 is 12.2 Å². The van der Waals surface area contributed by atoms with Crippen LogP contribution in [0.25, 0.3) is 11.0 Å². The quantitative estimate of drug-likeness (QED) is 0.663. The fourth-order valence-corrected chi connectivity index (χ4v) is 2.32. The molecule has 0 aliphatic carbocycles. The van der Waals surface area contributed by atoms with E-state index in [2.05, 4.69) is 4.98 Å². The number of halogens is 1. The Kier molecular flexibility index (Phi) is 4.14. The number of hydrogen-bond donors (Lipinski definition) is 1. The van der Waals surface area contributed by atoms with Gasteiger partial charge < -0.3 is 14.3 Å². The molecule has 0 fully saturated rings. The molecule has 3 nitrogen and oxygen atoms in total. The first-order valence-corrected chi connectivity index (χ1v) is 6.42. The number of nitrogens with one attached hydrogen (secondary N) is 1. The monoisotopic (exact) mass is 268 g/mol. The van der Waals surface area contributed by atoms with Crippen LogP contribution in [0.5, 0.6) is 0 Å². The second-order valence-corrected chi connectivity index (χ2v) is 4.79. The number of aryl methyl sites for hydroxylation is 2. The van der Waals surface area contributed by atoms with Crippen molar-refractivity contribution >= 4 is 23.3 Å². The van der Waals surface area contributed by atoms with Gasteiger partial charge in [-0.05, 0) is 49.7 Å². The van der Waals surface area contributed by atoms with Crippen molar-refractivity contribution in [2.45, 2.75) is 26.3 Å². The summed E-state index contributed by atoms with van der Waals surface area (Å²) in [5.41, 5.74) is 2.37. The van der Waals surface area contributed by atoms with Crippen LogP contribution in [-0.4, -0.2) is 23.3 Å². The van der Waals surface area contributed by atoms with Crippen LogP contribution in [0.3, 0.4) is 0 Å². The third kappa shape index (κ3) is 2.62. The Balaban J connectivity index is 2.29. The molecule has 1 N–H and O–H groups in total. The van der Waals surface area contributed by atoms with Gasteiger partial charge in [0.05, 0.1) is 11.0 Å². The van der Waals surface area contributed by atoms with E-state index < -0.39 is 0 Å². The van der Waals surface area contributed by atoms with E-state index in [1.165, 1.54) is 6.07 Å². The van der Waals surface area contributed by atoms with E-state index >= 15 is 0 Å². The number of hydrogen-bond acceptors (Lipinski definition) is 2. The Labute approximate surface area is 111 Å². The molecule has 0 aliphatic rings. The predicted octanol–water partition coefficient (Wildman–Crippen LogP) is 3.57. The lowest BCUT2D eigenvalue weighted by Gasteiger charge is -2.05. The minimum absolute atomic E-state index is 0.203. The molecule has 1 aromatic carbocycles. The Hall–Kier alpha value is -1.20. The average molecular weight is 268 g/mol. The highest BCUT2D eigenvalue weighted by Crippen LogP contribution is 2.19. The zero-order chi connectivity index (χ0) is 13.1. The van der Waals surface area contributed by atoms with Crippen LogP contribution in [-0.2, 0) is 11.3 Å². The molecule has 0 amide bonds. The smallest absolute Gasteiger partial charge is 0.178 e. The molecule has 2 rings (SSSR count). The van der Waals surface area contributed by atoms with E-state index in [0.29, 0.717) is 10.3 Å². The van der Waals surface area contributed by atoms with Crippen LogP contribution < -0.4 is 0 Å². The second kappa shape index (κ2) is 5.63. The first kappa shape index (κ1) is 13.2. The van der Waals surface area contributed by atoms with Crippen LogP contribution in [0, 0.1) is 17.5 Å². The summed E-state index contributed by atoms with van der Waals surface area (Å²) in [7, 11) is 1.70. The Morgan fingerprint density at radius 3 is 2.89 bits per heavy atom. The number of methoxy groups -OCH3 is 1. The second-order valence-electron chi connectivity index (χ2n) is 4.40. The van der Waals surface area contributed by atoms with Gasteiger partial charge >= 0.3 is 0 Å². The van der Waals surface area contributed by atoms with Gasteiger partial charge in [0.1, 0.15) is 5.82 Å². The lowest BCUT2D eigenvalue weighted by molar-refractivity contribution is 0.191. The summed E-state index contributed by atoms with van der Waals surface area (Å²) in [6.45, 7) is 3.34. The van der Waals surface area contributed by atoms with Crippen molar-refractivity contribution < 1.29 is 9.13 Å². The fourth-order valence-electron chi connectivity index (χ4n) is 2.02. The van der Waals surface area contributed by atoms with Crippen molar-refractivity contribution in [1.29, 1.82) is 0 Å². The van der Waals surface area contributed by atoms with Gasteiger partial charge in [0.15, 0.2) is 4.77 Å². The molecule has 1 aromatic heterocycles. The molecular weight excluding hydrogens is 251 g/mol. The van der Waals surface area contributed by atoms with E-state index in [-0.39, 0.29) is 5.82 Å². The van der Waals surface area contributed by atoms with Gasteiger partial charge in [-0.15, -0.1) is 0 Å². The zero-order valence-electron chi connectivity index (χ0n) is 10.6. The molecule has 2 aromatic rings. The van der Waals surface area contributed by atoms with Crippen LogP contribution in [0.2, 0.25) is 0 Å². The number of nitrogens with zero attached hydrogens (tertiary/aromatic N) is 1. The minimum atomic E-state index is -0.203. The highest BCUT2D eigenvalue weighted by atomic mass is 32.1. The number of fused-ring (bicyclic) bond motifs is 1. The highest BCUT2D eigenvalue weighted by Gasteiger charge is 2.07. The van der Waals surface area contributed by atoms with Crippen molar-refractivity contribution in [3.63, 3.8) is 0 Å². The number of ether oxygens (including phenoxy) is 1. The van der Waals surface area contributed by atoms with E-state index in [4.69, 9.17) is 17.0 Å². The maximum atomic E-state index is 13.5. The standard InChI is InChI=1S/C13H17FN2OS/c1-9-7-12-11(8-10(9)14)15-13(18)16(12)5-3-4-6-17-2/h7-8H,3-6H2,1-2H3,(H,15,18). The normalized spacial score (nSPS) is 11.3. The molecule has 0 aliphatic heterocycles. The van der Waals surface area contributed by atoms with Crippen LogP contribution in [0.15, 0.2) is 12.1 Å². The zero-order valence-corrected chi connectivity index (χ0v) is 11.4. The molecule has 1 heterocycles. The van der Waals surface area contributed by atoms with E-state index in [0.717, 1.165) is 37.0 Å². The van der Waals surface area contributed by atoms with Crippen molar-refractivity contribution in [2.24, 2.45) is 0 Å². The van der Waals surface area contributed by atoms with Gasteiger partial charge in [0.2, 0.25) is 0 Å². The molecule has 0 atom stereocenters. The first-order valence-electron chi connectivity index (χ1n) is 6.01. The summed E-state index contributed by atoms with van der Waals surface area (Å²) in [5, 5.41) is 0. The van der Waals surface area contributed by atoms with Crippen molar-refractivity contribution in [3.05, 3.63) is 28.3 Å². The topological polar surface area (TPSA) is 29.9 Å². The number of H-pyrrole nitrogens is 1. The Morgan fingerprint density at radius 1 is 1.39 bits per heavy atom. The van der Waals surface area contributed by atoms with Crippen molar-refractivity contribution in [2.75, 3.05) is 13.7 Å². The number of unbranched alkanes of at least 4 members (excludes halogenated alkanes) is 1. The number of aromatic nitrogens is 2. The maximum Gasteiger partial charge on any atom is 0.178 e. The van der Waals surface area contributed by atoms with Crippen LogP contribution in [0.4, 0.5) is 4.39 Å². The molecule has 0 unspecified atom stereocenters. The van der Waals surface area contributed by atoms with Gasteiger partial charge in [-0.1, -0.05) is 0 Å². The van der Waals surface area contributed by atoms with Gasteiger partial charge in [-0.25, -0.2) is 4.39 Å². The van der Waals surface area contributed by atoms with Crippen molar-refractivity contribution in [3.8, 4) is 0 Å². The first-order chi connectivity index (χ1) is 8.63. The van der Waals surface area contributed by atoms with Gasteiger partial charge in [-0.3, -0.25) is 0 Å². The highest BCUT2D eigenvalue weighted by molar-refractivity contribution is 7.71. The molecule has 0 radical (unpaired) electrons. The van der Waals surface area contributed by atoms with E-state index in [9.17, 15) is 4.39 Å². The van der Waals surface area contributed by atoms with Crippen LogP contribution in [0.1, 0.15) is 18.4 Å². The lowest BCUT2D eigenvalue weighted by atomic mass is 10.2. The third-order valence-electron chi connectivity index (χ3n) is 3.03. The van der Waals surface area contributed by atoms with Gasteiger partial charge in [-0.2, -0.15) is 0 Å². The molecule has 18 heavy (non-hydrogen) atoms. The summed E-state index contributed by atoms with van der Waals surface area (Å²) < 4.78 is 21.1. The molecule has 0 saturated carbocycles. The number of aromatic amines is 1. The summed E-state index contributed by atoms with van der Waals surface area (Å²) in [6.07, 6.45) is 1.98. The number of imidazole rings is 1. The van der Waals surface area contributed by atoms with Crippen molar-refractivity contribution in [1.82, 2.24) is 9.55 Å².